The van der Waals surface area contributed by atoms with Gasteiger partial charge in [0, 0.05) is 17.3 Å². The number of nitrogens with zero attached hydrogens (tertiary/aromatic N) is 1. The first-order chi connectivity index (χ1) is 11.6. The monoisotopic (exact) mass is 334 g/mol. The van der Waals surface area contributed by atoms with Gasteiger partial charge in [0.25, 0.3) is 0 Å². The van der Waals surface area contributed by atoms with Gasteiger partial charge in [0.2, 0.25) is 0 Å². The van der Waals surface area contributed by atoms with Crippen LogP contribution in [0.3, 0.4) is 0 Å². The smallest absolute Gasteiger partial charge is 0.345 e. The molecule has 24 heavy (non-hydrogen) atoms. The van der Waals surface area contributed by atoms with E-state index in [1.54, 1.807) is 12.3 Å². The van der Waals surface area contributed by atoms with Gasteiger partial charge >= 0.3 is 5.63 Å². The van der Waals surface area contributed by atoms with Crippen LogP contribution in [0.1, 0.15) is 5.56 Å². The Hall–Kier alpha value is -2.92. The van der Waals surface area contributed by atoms with Crippen LogP contribution in [0.25, 0.3) is 27.9 Å². The predicted molar refractivity (Wildman–Crippen MR) is 97.2 cm³/mol. The number of para-hydroxylation sites is 1. The molecular weight excluding hydrogens is 320 g/mol. The van der Waals surface area contributed by atoms with Gasteiger partial charge in [0.1, 0.15) is 5.58 Å². The number of hydrogen-bond acceptors (Lipinski definition) is 3. The van der Waals surface area contributed by atoms with E-state index in [-0.39, 0.29) is 5.63 Å². The van der Waals surface area contributed by atoms with Gasteiger partial charge in [-0.1, -0.05) is 35.9 Å². The summed E-state index contributed by atoms with van der Waals surface area (Å²) >= 11 is 5.40. The van der Waals surface area contributed by atoms with E-state index in [4.69, 9.17) is 16.6 Å². The fourth-order valence-electron chi connectivity index (χ4n) is 2.76. The van der Waals surface area contributed by atoms with Crippen LogP contribution in [-0.2, 0) is 0 Å². The lowest BCUT2D eigenvalue weighted by molar-refractivity contribution is 0.563. The molecule has 2 heterocycles. The summed E-state index contributed by atoms with van der Waals surface area (Å²) < 4.78 is 7.82. The maximum atomic E-state index is 12.5. The molecule has 118 valence electrons. The average molecular weight is 334 g/mol. The molecular formula is C19H14N2O2S. The lowest BCUT2D eigenvalue weighted by atomic mass is 10.1. The maximum absolute atomic E-state index is 12.5. The Kier molecular flexibility index (Phi) is 3.43. The number of aromatic nitrogens is 2. The first-order valence-corrected chi connectivity index (χ1v) is 7.95. The Morgan fingerprint density at radius 2 is 1.83 bits per heavy atom. The van der Waals surface area contributed by atoms with E-state index in [9.17, 15) is 4.79 Å². The molecule has 0 atom stereocenters. The van der Waals surface area contributed by atoms with Crippen LogP contribution >= 0.6 is 12.2 Å². The highest BCUT2D eigenvalue weighted by molar-refractivity contribution is 7.71. The standard InChI is InChI=1S/C19H14N2O2S/c1-12-6-8-14(9-7-12)21-16(11-20-19(21)24)15-10-13-4-2-3-5-17(13)23-18(15)22/h2-11H,1H3,(H,20,24). The van der Waals surface area contributed by atoms with Crippen molar-refractivity contribution in [2.24, 2.45) is 0 Å². The third kappa shape index (κ3) is 2.39. The minimum absolute atomic E-state index is 0.386. The zero-order valence-electron chi connectivity index (χ0n) is 12.9. The van der Waals surface area contributed by atoms with Gasteiger partial charge < -0.3 is 9.40 Å². The van der Waals surface area contributed by atoms with Crippen LogP contribution < -0.4 is 5.63 Å². The number of aryl methyl sites for hydroxylation is 1. The lowest BCUT2D eigenvalue weighted by Gasteiger charge is -2.08. The third-order valence-corrected chi connectivity index (χ3v) is 4.29. The summed E-state index contributed by atoms with van der Waals surface area (Å²) in [6, 6.07) is 17.3. The molecule has 0 radical (unpaired) electrons. The second-order valence-corrected chi connectivity index (χ2v) is 6.02. The number of aromatic amines is 1. The molecule has 0 aliphatic rings. The number of H-pyrrole nitrogens is 1. The van der Waals surface area contributed by atoms with Gasteiger partial charge in [-0.25, -0.2) is 4.79 Å². The molecule has 2 aromatic carbocycles. The van der Waals surface area contributed by atoms with Crippen molar-refractivity contribution >= 4 is 23.2 Å². The number of nitrogens with one attached hydrogen (secondary N) is 1. The Morgan fingerprint density at radius 1 is 1.08 bits per heavy atom. The van der Waals surface area contributed by atoms with E-state index in [1.165, 1.54) is 0 Å². The van der Waals surface area contributed by atoms with Crippen LogP contribution in [0.2, 0.25) is 0 Å². The fraction of sp³-hybridized carbons (Fsp3) is 0.0526. The minimum atomic E-state index is -0.386. The van der Waals surface area contributed by atoms with Crippen LogP contribution in [-0.4, -0.2) is 9.55 Å². The number of hydrogen-bond donors (Lipinski definition) is 1. The van der Waals surface area contributed by atoms with Gasteiger partial charge in [-0.05, 0) is 43.4 Å². The van der Waals surface area contributed by atoms with Gasteiger partial charge in [-0.3, -0.25) is 4.57 Å². The summed E-state index contributed by atoms with van der Waals surface area (Å²) in [5.41, 5.74) is 3.40. The molecule has 4 nitrogen and oxygen atoms in total. The topological polar surface area (TPSA) is 50.9 Å². The normalized spacial score (nSPS) is 11.0. The lowest BCUT2D eigenvalue weighted by Crippen LogP contribution is -2.06. The molecule has 0 saturated carbocycles. The molecule has 0 unspecified atom stereocenters. The number of benzene rings is 2. The SMILES string of the molecule is Cc1ccc(-n2c(-c3cc4ccccc4oc3=O)c[nH]c2=S)cc1. The molecule has 0 fully saturated rings. The fourth-order valence-corrected chi connectivity index (χ4v) is 3.02. The Morgan fingerprint density at radius 3 is 2.62 bits per heavy atom. The Labute approximate surface area is 143 Å². The molecule has 0 aliphatic heterocycles. The highest BCUT2D eigenvalue weighted by atomic mass is 32.1. The van der Waals surface area contributed by atoms with Crippen molar-refractivity contribution in [1.29, 1.82) is 0 Å². The molecule has 0 amide bonds. The third-order valence-electron chi connectivity index (χ3n) is 3.99. The summed E-state index contributed by atoms with van der Waals surface area (Å²) in [5, 5.41) is 0.870. The molecule has 4 aromatic rings. The summed E-state index contributed by atoms with van der Waals surface area (Å²) in [7, 11) is 0. The van der Waals surface area contributed by atoms with Crippen molar-refractivity contribution < 1.29 is 4.42 Å². The minimum Gasteiger partial charge on any atom is -0.422 e. The van der Waals surface area contributed by atoms with Crippen LogP contribution in [0, 0.1) is 11.7 Å². The van der Waals surface area contributed by atoms with Crippen molar-refractivity contribution in [1.82, 2.24) is 9.55 Å². The quantitative estimate of drug-likeness (QED) is 0.430. The van der Waals surface area contributed by atoms with E-state index < -0.39 is 0 Å². The van der Waals surface area contributed by atoms with E-state index >= 15 is 0 Å². The molecule has 4 rings (SSSR count). The van der Waals surface area contributed by atoms with Gasteiger partial charge in [-0.2, -0.15) is 0 Å². The summed E-state index contributed by atoms with van der Waals surface area (Å²) in [5.74, 6) is 0. The van der Waals surface area contributed by atoms with E-state index in [2.05, 4.69) is 4.98 Å². The zero-order valence-corrected chi connectivity index (χ0v) is 13.8. The first-order valence-electron chi connectivity index (χ1n) is 7.54. The molecule has 0 spiro atoms. The van der Waals surface area contributed by atoms with Crippen molar-refractivity contribution in [3.63, 3.8) is 0 Å². The molecule has 0 bridgehead atoms. The van der Waals surface area contributed by atoms with Gasteiger partial charge in [0.05, 0.1) is 11.3 Å². The number of rotatable bonds is 2. The van der Waals surface area contributed by atoms with Gasteiger partial charge in [-0.15, -0.1) is 0 Å². The van der Waals surface area contributed by atoms with Crippen molar-refractivity contribution in [2.45, 2.75) is 6.92 Å². The van der Waals surface area contributed by atoms with E-state index in [0.29, 0.717) is 21.6 Å². The highest BCUT2D eigenvalue weighted by Crippen LogP contribution is 2.24. The first kappa shape index (κ1) is 14.7. The second kappa shape index (κ2) is 5.62. The predicted octanol–water partition coefficient (Wildman–Crippen LogP) is 4.62. The largest absolute Gasteiger partial charge is 0.422 e. The van der Waals surface area contributed by atoms with Crippen molar-refractivity contribution in [2.75, 3.05) is 0 Å². The number of fused-ring (bicyclic) bond motifs is 1. The Balaban J connectivity index is 1.99. The van der Waals surface area contributed by atoms with E-state index in [0.717, 1.165) is 16.6 Å². The summed E-state index contributed by atoms with van der Waals surface area (Å²) in [4.78, 5) is 15.5. The van der Waals surface area contributed by atoms with Crippen LogP contribution in [0.15, 0.2) is 70.0 Å². The van der Waals surface area contributed by atoms with Crippen LogP contribution in [0.5, 0.6) is 0 Å². The summed E-state index contributed by atoms with van der Waals surface area (Å²) in [6.07, 6.45) is 1.74. The van der Waals surface area contributed by atoms with E-state index in [1.807, 2.05) is 60.0 Å². The molecule has 0 aliphatic carbocycles. The molecule has 5 heteroatoms. The Bertz CT molecular complexity index is 1150. The van der Waals surface area contributed by atoms with Crippen molar-refractivity contribution in [3.8, 4) is 16.9 Å². The van der Waals surface area contributed by atoms with Crippen molar-refractivity contribution in [3.05, 3.63) is 81.5 Å². The maximum Gasteiger partial charge on any atom is 0.345 e. The molecule has 0 saturated heterocycles. The molecule has 1 N–H and O–H groups in total. The zero-order chi connectivity index (χ0) is 16.7. The average Bonchev–Trinajstić information content (AvgIpc) is 2.96. The van der Waals surface area contributed by atoms with Gasteiger partial charge in [0.15, 0.2) is 4.77 Å². The summed E-state index contributed by atoms with van der Waals surface area (Å²) in [6.45, 7) is 2.03. The molecule has 2 aromatic heterocycles. The number of imidazole rings is 1. The highest BCUT2D eigenvalue weighted by Gasteiger charge is 2.14. The second-order valence-electron chi connectivity index (χ2n) is 5.64. The van der Waals surface area contributed by atoms with Crippen LogP contribution in [0.4, 0.5) is 0 Å².